The highest BCUT2D eigenvalue weighted by molar-refractivity contribution is 5.97. The maximum absolute atomic E-state index is 12.4. The van der Waals surface area contributed by atoms with Crippen molar-refractivity contribution in [2.75, 3.05) is 26.2 Å². The molecule has 2 rings (SSSR count). The van der Waals surface area contributed by atoms with E-state index in [4.69, 9.17) is 5.11 Å². The maximum atomic E-state index is 12.4. The van der Waals surface area contributed by atoms with Gasteiger partial charge in [-0.05, 0) is 37.1 Å². The van der Waals surface area contributed by atoms with Crippen LogP contribution in [0.3, 0.4) is 0 Å². The largest absolute Gasteiger partial charge is 0.384 e. The fraction of sp³-hybridized carbons (Fsp3) is 0.375. The molecule has 0 unspecified atom stereocenters. The van der Waals surface area contributed by atoms with Gasteiger partial charge in [0.15, 0.2) is 0 Å². The van der Waals surface area contributed by atoms with Crippen molar-refractivity contribution in [1.82, 2.24) is 10.2 Å². The van der Waals surface area contributed by atoms with E-state index in [0.717, 1.165) is 17.5 Å². The third-order valence-electron chi connectivity index (χ3n) is 3.32. The summed E-state index contributed by atoms with van der Waals surface area (Å²) in [6, 6.07) is 5.25. The number of aliphatic hydroxyl groups excluding tert-OH is 1. The Bertz CT molecular complexity index is 614. The smallest absolute Gasteiger partial charge is 0.254 e. The molecular weight excluding hydrogens is 268 g/mol. The summed E-state index contributed by atoms with van der Waals surface area (Å²) in [4.78, 5) is 25.5. The highest BCUT2D eigenvalue weighted by Crippen LogP contribution is 2.13. The molecule has 0 bridgehead atoms. The first kappa shape index (κ1) is 15.1. The van der Waals surface area contributed by atoms with Crippen molar-refractivity contribution < 1.29 is 14.7 Å². The molecular formula is C16H18N2O3. The number of aliphatic hydroxyl groups is 1. The van der Waals surface area contributed by atoms with E-state index in [1.165, 1.54) is 0 Å². The van der Waals surface area contributed by atoms with Crippen LogP contribution in [-0.2, 0) is 4.79 Å². The Morgan fingerprint density at radius 1 is 1.48 bits per heavy atom. The van der Waals surface area contributed by atoms with Gasteiger partial charge >= 0.3 is 0 Å². The Hall–Kier alpha value is -2.32. The van der Waals surface area contributed by atoms with Crippen LogP contribution in [0.2, 0.25) is 0 Å². The Morgan fingerprint density at radius 3 is 3.00 bits per heavy atom. The van der Waals surface area contributed by atoms with Gasteiger partial charge in [0, 0.05) is 24.2 Å². The number of amides is 2. The van der Waals surface area contributed by atoms with Gasteiger partial charge in [-0.2, -0.15) is 0 Å². The van der Waals surface area contributed by atoms with Gasteiger partial charge in [-0.25, -0.2) is 0 Å². The monoisotopic (exact) mass is 286 g/mol. The number of benzene rings is 1. The lowest BCUT2D eigenvalue weighted by Gasteiger charge is -2.19. The molecule has 1 saturated heterocycles. The molecule has 1 fully saturated rings. The van der Waals surface area contributed by atoms with E-state index in [9.17, 15) is 9.59 Å². The molecule has 1 aliphatic rings. The molecule has 0 aliphatic carbocycles. The fourth-order valence-electron chi connectivity index (χ4n) is 2.23. The van der Waals surface area contributed by atoms with Crippen molar-refractivity contribution in [2.24, 2.45) is 0 Å². The van der Waals surface area contributed by atoms with Crippen LogP contribution in [0, 0.1) is 18.8 Å². The summed E-state index contributed by atoms with van der Waals surface area (Å²) >= 11 is 0. The van der Waals surface area contributed by atoms with E-state index in [-0.39, 0.29) is 25.0 Å². The number of nitrogens with zero attached hydrogens (tertiary/aromatic N) is 1. The van der Waals surface area contributed by atoms with Gasteiger partial charge < -0.3 is 15.3 Å². The van der Waals surface area contributed by atoms with Crippen molar-refractivity contribution >= 4 is 11.8 Å². The molecule has 0 saturated carbocycles. The number of hydrogen-bond donors (Lipinski definition) is 2. The number of rotatable bonds is 1. The summed E-state index contributed by atoms with van der Waals surface area (Å²) in [6.07, 6.45) is 0.760. The van der Waals surface area contributed by atoms with Crippen LogP contribution in [0.1, 0.15) is 27.9 Å². The lowest BCUT2D eigenvalue weighted by atomic mass is 10.0. The Labute approximate surface area is 124 Å². The summed E-state index contributed by atoms with van der Waals surface area (Å²) in [5.74, 6) is 5.16. The second kappa shape index (κ2) is 6.91. The van der Waals surface area contributed by atoms with E-state index in [2.05, 4.69) is 17.2 Å². The first-order valence-electron chi connectivity index (χ1n) is 6.88. The number of carbonyl (C=O) groups excluding carboxylic acids is 2. The molecule has 1 aromatic carbocycles. The molecule has 0 radical (unpaired) electrons. The summed E-state index contributed by atoms with van der Waals surface area (Å²) in [7, 11) is 0. The first-order valence-corrected chi connectivity index (χ1v) is 6.88. The molecule has 5 nitrogen and oxygen atoms in total. The minimum Gasteiger partial charge on any atom is -0.384 e. The predicted molar refractivity (Wildman–Crippen MR) is 78.7 cm³/mol. The van der Waals surface area contributed by atoms with Crippen LogP contribution in [0.5, 0.6) is 0 Å². The van der Waals surface area contributed by atoms with Crippen molar-refractivity contribution in [1.29, 1.82) is 0 Å². The van der Waals surface area contributed by atoms with Crippen molar-refractivity contribution in [3.05, 3.63) is 34.9 Å². The highest BCUT2D eigenvalue weighted by atomic mass is 16.2. The van der Waals surface area contributed by atoms with Crippen molar-refractivity contribution in [2.45, 2.75) is 13.3 Å². The Morgan fingerprint density at radius 2 is 2.29 bits per heavy atom. The summed E-state index contributed by atoms with van der Waals surface area (Å²) in [6.45, 7) is 2.96. The average molecular weight is 286 g/mol. The van der Waals surface area contributed by atoms with Crippen LogP contribution in [-0.4, -0.2) is 48.1 Å². The number of aryl methyl sites for hydroxylation is 1. The molecule has 0 aromatic heterocycles. The molecule has 0 atom stereocenters. The average Bonchev–Trinajstić information content (AvgIpc) is 2.70. The summed E-state index contributed by atoms with van der Waals surface area (Å²) in [5.41, 5.74) is 2.21. The number of carbonyl (C=O) groups is 2. The standard InChI is InChI=1S/C16H18N2O3/c1-12-10-14(6-5-13(12)4-2-9-19)16(21)18-8-3-7-17-15(20)11-18/h5-6,10,19H,3,7-9,11H2,1H3,(H,17,20). The van der Waals surface area contributed by atoms with E-state index in [1.807, 2.05) is 6.92 Å². The van der Waals surface area contributed by atoms with Crippen LogP contribution in [0.25, 0.3) is 0 Å². The van der Waals surface area contributed by atoms with Crippen LogP contribution >= 0.6 is 0 Å². The first-order chi connectivity index (χ1) is 10.1. The Balaban J connectivity index is 2.19. The molecule has 0 spiro atoms. The van der Waals surface area contributed by atoms with Crippen LogP contribution in [0.4, 0.5) is 0 Å². The van der Waals surface area contributed by atoms with Gasteiger partial charge in [-0.15, -0.1) is 0 Å². The SMILES string of the molecule is Cc1cc(C(=O)N2CCCNC(=O)C2)ccc1C#CCO. The van der Waals surface area contributed by atoms with E-state index in [1.54, 1.807) is 23.1 Å². The molecule has 2 amide bonds. The molecule has 21 heavy (non-hydrogen) atoms. The third-order valence-corrected chi connectivity index (χ3v) is 3.32. The van der Waals surface area contributed by atoms with Gasteiger partial charge in [-0.3, -0.25) is 9.59 Å². The van der Waals surface area contributed by atoms with E-state index in [0.29, 0.717) is 18.7 Å². The zero-order valence-corrected chi connectivity index (χ0v) is 12.0. The van der Waals surface area contributed by atoms with Gasteiger partial charge in [0.05, 0.1) is 6.54 Å². The topological polar surface area (TPSA) is 69.6 Å². The number of hydrogen-bond acceptors (Lipinski definition) is 3. The molecule has 2 N–H and O–H groups in total. The van der Waals surface area contributed by atoms with Gasteiger partial charge in [0.25, 0.3) is 5.91 Å². The van der Waals surface area contributed by atoms with Crippen molar-refractivity contribution in [3.8, 4) is 11.8 Å². The predicted octanol–water partition coefficient (Wildman–Crippen LogP) is 0.301. The molecule has 1 aromatic rings. The van der Waals surface area contributed by atoms with Gasteiger partial charge in [0.2, 0.25) is 5.91 Å². The van der Waals surface area contributed by atoms with E-state index >= 15 is 0 Å². The minimum absolute atomic E-state index is 0.101. The molecule has 5 heteroatoms. The fourth-order valence-corrected chi connectivity index (χ4v) is 2.23. The molecule has 1 heterocycles. The maximum Gasteiger partial charge on any atom is 0.254 e. The summed E-state index contributed by atoms with van der Waals surface area (Å²) < 4.78 is 0. The number of nitrogens with one attached hydrogen (secondary N) is 1. The summed E-state index contributed by atoms with van der Waals surface area (Å²) in [5, 5.41) is 11.5. The minimum atomic E-state index is -0.191. The highest BCUT2D eigenvalue weighted by Gasteiger charge is 2.21. The lowest BCUT2D eigenvalue weighted by Crippen LogP contribution is -2.37. The third kappa shape index (κ3) is 3.83. The zero-order valence-electron chi connectivity index (χ0n) is 12.0. The van der Waals surface area contributed by atoms with Crippen LogP contribution in [0.15, 0.2) is 18.2 Å². The quantitative estimate of drug-likeness (QED) is 0.730. The molecule has 1 aliphatic heterocycles. The lowest BCUT2D eigenvalue weighted by molar-refractivity contribution is -0.121. The second-order valence-corrected chi connectivity index (χ2v) is 4.92. The zero-order chi connectivity index (χ0) is 15.2. The van der Waals surface area contributed by atoms with E-state index < -0.39 is 0 Å². The normalized spacial score (nSPS) is 14.8. The van der Waals surface area contributed by atoms with Gasteiger partial charge in [-0.1, -0.05) is 11.8 Å². The second-order valence-electron chi connectivity index (χ2n) is 4.92. The Kier molecular flexibility index (Phi) is 4.96. The molecule has 110 valence electrons. The van der Waals surface area contributed by atoms with Crippen molar-refractivity contribution in [3.63, 3.8) is 0 Å². The van der Waals surface area contributed by atoms with Crippen LogP contribution < -0.4 is 5.32 Å². The van der Waals surface area contributed by atoms with Gasteiger partial charge in [0.1, 0.15) is 6.61 Å².